The summed E-state index contributed by atoms with van der Waals surface area (Å²) in [6.07, 6.45) is 0.403. The molecule has 0 unspecified atom stereocenters. The van der Waals surface area contributed by atoms with Crippen molar-refractivity contribution in [1.29, 1.82) is 0 Å². The van der Waals surface area contributed by atoms with Crippen LogP contribution in [0.25, 0.3) is 0 Å². The van der Waals surface area contributed by atoms with Crippen LogP contribution in [0.2, 0.25) is 0 Å². The van der Waals surface area contributed by atoms with Crippen molar-refractivity contribution in [2.75, 3.05) is 11.1 Å². The van der Waals surface area contributed by atoms with Crippen LogP contribution < -0.4 is 10.6 Å². The molecule has 0 fully saturated rings. The molecule has 2 N–H and O–H groups in total. The fourth-order valence-electron chi connectivity index (χ4n) is 1.64. The molecular weight excluding hydrogens is 262 g/mol. The number of nitrogens with one attached hydrogen (secondary N) is 2. The largest absolute Gasteiger partial charge is 0.325 e. The Bertz CT molecular complexity index is 502. The molecule has 6 heteroatoms. The summed E-state index contributed by atoms with van der Waals surface area (Å²) < 4.78 is 0. The molecule has 1 aromatic rings. The molecule has 0 spiro atoms. The molecule has 1 atom stereocenters. The molecule has 0 aliphatic carbocycles. The van der Waals surface area contributed by atoms with Crippen molar-refractivity contribution < 1.29 is 9.59 Å². The van der Waals surface area contributed by atoms with E-state index in [1.807, 2.05) is 37.3 Å². The number of hydrogen-bond acceptors (Lipinski definition) is 4. The number of aliphatic imine (C=N–C) groups is 1. The molecule has 2 amide bonds. The summed E-state index contributed by atoms with van der Waals surface area (Å²) in [6.45, 7) is 1.88. The Morgan fingerprint density at radius 2 is 2.21 bits per heavy atom. The van der Waals surface area contributed by atoms with Gasteiger partial charge in [0.25, 0.3) is 0 Å². The van der Waals surface area contributed by atoms with Crippen LogP contribution in [0.1, 0.15) is 13.3 Å². The fraction of sp³-hybridized carbons (Fsp3) is 0.308. The van der Waals surface area contributed by atoms with Gasteiger partial charge >= 0.3 is 0 Å². The highest BCUT2D eigenvalue weighted by atomic mass is 32.2. The highest BCUT2D eigenvalue weighted by Crippen LogP contribution is 2.12. The maximum Gasteiger partial charge on any atom is 0.234 e. The van der Waals surface area contributed by atoms with Gasteiger partial charge in [0.05, 0.1) is 11.8 Å². The maximum absolute atomic E-state index is 11.7. The number of anilines is 1. The van der Waals surface area contributed by atoms with Crippen molar-refractivity contribution in [2.45, 2.75) is 19.4 Å². The van der Waals surface area contributed by atoms with Crippen LogP contribution in [-0.2, 0) is 9.59 Å². The molecule has 0 aromatic heterocycles. The number of carbonyl (C=O) groups excluding carboxylic acids is 2. The van der Waals surface area contributed by atoms with Crippen LogP contribution in [0.15, 0.2) is 35.3 Å². The van der Waals surface area contributed by atoms with Crippen molar-refractivity contribution in [2.24, 2.45) is 4.99 Å². The first-order valence-corrected chi connectivity index (χ1v) is 6.97. The fourth-order valence-corrected chi connectivity index (χ4v) is 2.42. The minimum absolute atomic E-state index is 0.0200. The Kier molecular flexibility index (Phi) is 4.57. The molecule has 1 aromatic carbocycles. The number of amides is 2. The minimum Gasteiger partial charge on any atom is -0.325 e. The summed E-state index contributed by atoms with van der Waals surface area (Å²) in [7, 11) is 0. The van der Waals surface area contributed by atoms with E-state index in [0.717, 1.165) is 5.69 Å². The number of carbonyl (C=O) groups is 2. The van der Waals surface area contributed by atoms with Gasteiger partial charge in [0.2, 0.25) is 11.8 Å². The lowest BCUT2D eigenvalue weighted by atomic mass is 10.2. The van der Waals surface area contributed by atoms with E-state index in [0.29, 0.717) is 11.6 Å². The van der Waals surface area contributed by atoms with Crippen LogP contribution >= 0.6 is 11.8 Å². The molecule has 100 valence electrons. The summed E-state index contributed by atoms with van der Waals surface area (Å²) in [6, 6.07) is 9.23. The SMILES string of the molecule is C[C@H]1CC(=O)NC(SCC(=O)Nc2ccccc2)=N1. The van der Waals surface area contributed by atoms with Crippen molar-refractivity contribution in [3.8, 4) is 0 Å². The van der Waals surface area contributed by atoms with Crippen LogP contribution in [-0.4, -0.2) is 28.8 Å². The standard InChI is InChI=1S/C13H15N3O2S/c1-9-7-11(17)16-13(14-9)19-8-12(18)15-10-5-3-2-4-6-10/h2-6,9H,7-8H2,1H3,(H,15,18)(H,14,16,17)/t9-/m0/s1. The summed E-state index contributed by atoms with van der Waals surface area (Å²) >= 11 is 1.24. The number of rotatable bonds is 3. The van der Waals surface area contributed by atoms with E-state index in [9.17, 15) is 9.59 Å². The zero-order valence-corrected chi connectivity index (χ0v) is 11.4. The molecule has 19 heavy (non-hydrogen) atoms. The average Bonchev–Trinajstić information content (AvgIpc) is 2.36. The second-order valence-corrected chi connectivity index (χ2v) is 5.20. The topological polar surface area (TPSA) is 70.6 Å². The number of amidine groups is 1. The van der Waals surface area contributed by atoms with Crippen LogP contribution in [0.3, 0.4) is 0 Å². The normalized spacial score (nSPS) is 18.5. The second kappa shape index (κ2) is 6.38. The van der Waals surface area contributed by atoms with E-state index in [1.54, 1.807) is 0 Å². The number of hydrogen-bond donors (Lipinski definition) is 2. The zero-order chi connectivity index (χ0) is 13.7. The van der Waals surface area contributed by atoms with E-state index in [-0.39, 0.29) is 23.6 Å². The van der Waals surface area contributed by atoms with Crippen molar-refractivity contribution >= 4 is 34.4 Å². The van der Waals surface area contributed by atoms with E-state index < -0.39 is 0 Å². The van der Waals surface area contributed by atoms with Gasteiger partial charge in [-0.15, -0.1) is 0 Å². The Labute approximate surface area is 115 Å². The first-order valence-electron chi connectivity index (χ1n) is 5.99. The van der Waals surface area contributed by atoms with Gasteiger partial charge < -0.3 is 10.6 Å². The molecule has 1 aliphatic heterocycles. The van der Waals surface area contributed by atoms with E-state index in [2.05, 4.69) is 15.6 Å². The summed E-state index contributed by atoms with van der Waals surface area (Å²) in [5.74, 6) is 0.0561. The van der Waals surface area contributed by atoms with Gasteiger partial charge in [0.15, 0.2) is 5.17 Å². The number of para-hydroxylation sites is 1. The zero-order valence-electron chi connectivity index (χ0n) is 10.6. The summed E-state index contributed by atoms with van der Waals surface area (Å²) in [4.78, 5) is 27.3. The Morgan fingerprint density at radius 1 is 1.47 bits per heavy atom. The minimum atomic E-state index is -0.119. The van der Waals surface area contributed by atoms with E-state index in [4.69, 9.17) is 0 Å². The lowest BCUT2D eigenvalue weighted by Crippen LogP contribution is -2.36. The predicted molar refractivity (Wildman–Crippen MR) is 77.2 cm³/mol. The molecule has 1 aliphatic rings. The van der Waals surface area contributed by atoms with Crippen molar-refractivity contribution in [3.63, 3.8) is 0 Å². The first kappa shape index (κ1) is 13.6. The molecule has 0 saturated heterocycles. The van der Waals surface area contributed by atoms with Gasteiger partial charge in [-0.2, -0.15) is 0 Å². The number of nitrogens with zero attached hydrogens (tertiary/aromatic N) is 1. The Hall–Kier alpha value is -1.82. The van der Waals surface area contributed by atoms with Gasteiger partial charge in [-0.25, -0.2) is 0 Å². The maximum atomic E-state index is 11.7. The molecular formula is C13H15N3O2S. The molecule has 2 rings (SSSR count). The summed E-state index contributed by atoms with van der Waals surface area (Å²) in [5, 5.41) is 5.96. The van der Waals surface area contributed by atoms with Crippen LogP contribution in [0.4, 0.5) is 5.69 Å². The van der Waals surface area contributed by atoms with Gasteiger partial charge in [-0.1, -0.05) is 30.0 Å². The highest BCUT2D eigenvalue weighted by molar-refractivity contribution is 8.14. The lowest BCUT2D eigenvalue weighted by Gasteiger charge is -2.17. The van der Waals surface area contributed by atoms with Gasteiger partial charge in [-0.3, -0.25) is 14.6 Å². The van der Waals surface area contributed by atoms with E-state index in [1.165, 1.54) is 11.8 Å². The quantitative estimate of drug-likeness (QED) is 0.882. The van der Waals surface area contributed by atoms with E-state index >= 15 is 0 Å². The summed E-state index contributed by atoms with van der Waals surface area (Å²) in [5.41, 5.74) is 0.760. The van der Waals surface area contributed by atoms with Crippen molar-refractivity contribution in [3.05, 3.63) is 30.3 Å². The second-order valence-electron chi connectivity index (χ2n) is 4.24. The smallest absolute Gasteiger partial charge is 0.234 e. The molecule has 0 bridgehead atoms. The third-order valence-corrected chi connectivity index (χ3v) is 3.35. The van der Waals surface area contributed by atoms with Crippen LogP contribution in [0, 0.1) is 0 Å². The average molecular weight is 277 g/mol. The Balaban J connectivity index is 1.82. The van der Waals surface area contributed by atoms with Gasteiger partial charge in [0, 0.05) is 12.1 Å². The molecule has 0 radical (unpaired) electrons. The molecule has 0 saturated carbocycles. The molecule has 5 nitrogen and oxygen atoms in total. The van der Waals surface area contributed by atoms with Gasteiger partial charge in [0.1, 0.15) is 0 Å². The van der Waals surface area contributed by atoms with Crippen molar-refractivity contribution in [1.82, 2.24) is 5.32 Å². The Morgan fingerprint density at radius 3 is 2.89 bits per heavy atom. The van der Waals surface area contributed by atoms with Gasteiger partial charge in [-0.05, 0) is 19.1 Å². The third kappa shape index (κ3) is 4.40. The first-order chi connectivity index (χ1) is 9.13. The third-order valence-electron chi connectivity index (χ3n) is 2.46. The highest BCUT2D eigenvalue weighted by Gasteiger charge is 2.18. The number of benzene rings is 1. The van der Waals surface area contributed by atoms with Crippen LogP contribution in [0.5, 0.6) is 0 Å². The lowest BCUT2D eigenvalue weighted by molar-refractivity contribution is -0.120. The number of thioether (sulfide) groups is 1. The predicted octanol–water partition coefficient (Wildman–Crippen LogP) is 1.62. The monoisotopic (exact) mass is 277 g/mol. The molecule has 1 heterocycles.